The van der Waals surface area contributed by atoms with E-state index in [0.29, 0.717) is 6.42 Å². The first-order chi connectivity index (χ1) is 7.29. The van der Waals surface area contributed by atoms with Crippen molar-refractivity contribution in [1.29, 1.82) is 5.26 Å². The van der Waals surface area contributed by atoms with Crippen molar-refractivity contribution in [2.45, 2.75) is 33.2 Å². The number of ether oxygens (including phenoxy) is 1. The van der Waals surface area contributed by atoms with Crippen LogP contribution < -0.4 is 0 Å². The maximum atomic E-state index is 8.55. The van der Waals surface area contributed by atoms with Gasteiger partial charge in [0.25, 0.3) is 0 Å². The van der Waals surface area contributed by atoms with E-state index in [1.165, 1.54) is 0 Å². The van der Waals surface area contributed by atoms with Crippen LogP contribution in [0.25, 0.3) is 0 Å². The lowest BCUT2D eigenvalue weighted by Crippen LogP contribution is -2.06. The lowest BCUT2D eigenvalue weighted by Gasteiger charge is -2.03. The standard InChI is InChI=1S/C10H16N4O/c1-3-15-8-4-7-14-9(2)10(5-6-11)12-13-14/h3-5,7-8H2,1-2H3. The van der Waals surface area contributed by atoms with E-state index in [1.54, 1.807) is 0 Å². The largest absolute Gasteiger partial charge is 0.382 e. The summed E-state index contributed by atoms with van der Waals surface area (Å²) in [5.74, 6) is 0. The SMILES string of the molecule is CCOCCCn1nnc(CC#N)c1C. The molecule has 1 rings (SSSR count). The Balaban J connectivity index is 2.44. The number of hydrogen-bond acceptors (Lipinski definition) is 4. The van der Waals surface area contributed by atoms with E-state index in [0.717, 1.165) is 37.6 Å². The van der Waals surface area contributed by atoms with Crippen molar-refractivity contribution in [2.75, 3.05) is 13.2 Å². The lowest BCUT2D eigenvalue weighted by molar-refractivity contribution is 0.140. The molecule has 0 aliphatic rings. The first-order valence-electron chi connectivity index (χ1n) is 5.13. The van der Waals surface area contributed by atoms with E-state index in [4.69, 9.17) is 10.00 Å². The van der Waals surface area contributed by atoms with Crippen molar-refractivity contribution >= 4 is 0 Å². The van der Waals surface area contributed by atoms with Gasteiger partial charge in [-0.2, -0.15) is 5.26 Å². The molecule has 82 valence electrons. The average molecular weight is 208 g/mol. The zero-order chi connectivity index (χ0) is 11.1. The molecule has 0 fully saturated rings. The number of hydrogen-bond donors (Lipinski definition) is 0. The Kier molecular flexibility index (Phi) is 4.78. The van der Waals surface area contributed by atoms with Crippen LogP contribution in [-0.4, -0.2) is 28.2 Å². The maximum Gasteiger partial charge on any atom is 0.0996 e. The summed E-state index contributed by atoms with van der Waals surface area (Å²) in [6, 6.07) is 2.07. The Bertz CT molecular complexity index is 340. The van der Waals surface area contributed by atoms with Gasteiger partial charge in [0.2, 0.25) is 0 Å². The van der Waals surface area contributed by atoms with Gasteiger partial charge in [-0.1, -0.05) is 5.21 Å². The monoisotopic (exact) mass is 208 g/mol. The molecule has 0 atom stereocenters. The molecular formula is C10H16N4O. The van der Waals surface area contributed by atoms with E-state index in [2.05, 4.69) is 16.4 Å². The van der Waals surface area contributed by atoms with Crippen molar-refractivity contribution < 1.29 is 4.74 Å². The van der Waals surface area contributed by atoms with Gasteiger partial charge in [-0.05, 0) is 20.3 Å². The Morgan fingerprint density at radius 2 is 2.33 bits per heavy atom. The fourth-order valence-corrected chi connectivity index (χ4v) is 1.31. The van der Waals surface area contributed by atoms with Gasteiger partial charge in [0, 0.05) is 19.8 Å². The summed E-state index contributed by atoms with van der Waals surface area (Å²) in [5, 5.41) is 16.5. The van der Waals surface area contributed by atoms with Crippen molar-refractivity contribution in [1.82, 2.24) is 15.0 Å². The zero-order valence-electron chi connectivity index (χ0n) is 9.23. The number of nitriles is 1. The molecule has 0 spiro atoms. The van der Waals surface area contributed by atoms with Gasteiger partial charge in [-0.15, -0.1) is 5.10 Å². The van der Waals surface area contributed by atoms with E-state index in [1.807, 2.05) is 18.5 Å². The normalized spacial score (nSPS) is 10.2. The molecule has 1 aromatic heterocycles. The second-order valence-corrected chi connectivity index (χ2v) is 3.23. The highest BCUT2D eigenvalue weighted by atomic mass is 16.5. The third-order valence-electron chi connectivity index (χ3n) is 2.19. The van der Waals surface area contributed by atoms with Crippen LogP contribution in [0.1, 0.15) is 24.7 Å². The van der Waals surface area contributed by atoms with Gasteiger partial charge >= 0.3 is 0 Å². The fraction of sp³-hybridized carbons (Fsp3) is 0.700. The molecule has 5 heteroatoms. The van der Waals surface area contributed by atoms with Crippen molar-refractivity contribution in [3.8, 4) is 6.07 Å². The summed E-state index contributed by atoms with van der Waals surface area (Å²) < 4.78 is 7.06. The Morgan fingerprint density at radius 3 is 3.00 bits per heavy atom. The molecule has 0 N–H and O–H groups in total. The minimum absolute atomic E-state index is 0.331. The molecule has 0 bridgehead atoms. The molecule has 1 heterocycles. The molecule has 0 aromatic carbocycles. The van der Waals surface area contributed by atoms with Crippen LogP contribution in [0.15, 0.2) is 0 Å². The summed E-state index contributed by atoms with van der Waals surface area (Å²) in [6.07, 6.45) is 1.25. The predicted molar refractivity (Wildman–Crippen MR) is 55.2 cm³/mol. The van der Waals surface area contributed by atoms with E-state index < -0.39 is 0 Å². The maximum absolute atomic E-state index is 8.55. The van der Waals surface area contributed by atoms with Gasteiger partial charge in [0.15, 0.2) is 0 Å². The van der Waals surface area contributed by atoms with E-state index in [9.17, 15) is 0 Å². The lowest BCUT2D eigenvalue weighted by atomic mass is 10.3. The van der Waals surface area contributed by atoms with E-state index in [-0.39, 0.29) is 0 Å². The summed E-state index contributed by atoms with van der Waals surface area (Å²) in [4.78, 5) is 0. The number of nitrogens with zero attached hydrogens (tertiary/aromatic N) is 4. The highest BCUT2D eigenvalue weighted by Crippen LogP contribution is 2.04. The molecule has 0 aliphatic heterocycles. The summed E-state index contributed by atoms with van der Waals surface area (Å²) in [5.41, 5.74) is 1.75. The van der Waals surface area contributed by atoms with Crippen LogP contribution >= 0.6 is 0 Å². The van der Waals surface area contributed by atoms with Crippen LogP contribution in [0.3, 0.4) is 0 Å². The first-order valence-corrected chi connectivity index (χ1v) is 5.13. The molecule has 5 nitrogen and oxygen atoms in total. The summed E-state index contributed by atoms with van der Waals surface area (Å²) in [6.45, 7) is 6.20. The first kappa shape index (κ1) is 11.7. The molecule has 0 radical (unpaired) electrons. The van der Waals surface area contributed by atoms with Crippen LogP contribution in [0.4, 0.5) is 0 Å². The van der Waals surface area contributed by atoms with Gasteiger partial charge in [-0.3, -0.25) is 0 Å². The molecule has 0 saturated carbocycles. The van der Waals surface area contributed by atoms with Crippen molar-refractivity contribution in [2.24, 2.45) is 0 Å². The third-order valence-corrected chi connectivity index (χ3v) is 2.19. The number of rotatable bonds is 6. The molecule has 1 aromatic rings. The molecule has 0 saturated heterocycles. The van der Waals surface area contributed by atoms with Crippen LogP contribution in [0, 0.1) is 18.3 Å². The minimum atomic E-state index is 0.331. The highest BCUT2D eigenvalue weighted by molar-refractivity contribution is 5.11. The Labute approximate surface area is 89.7 Å². The van der Waals surface area contributed by atoms with Crippen LogP contribution in [0.5, 0.6) is 0 Å². The van der Waals surface area contributed by atoms with E-state index >= 15 is 0 Å². The third kappa shape index (κ3) is 3.33. The quantitative estimate of drug-likeness (QED) is 0.656. The average Bonchev–Trinajstić information content (AvgIpc) is 2.57. The van der Waals surface area contributed by atoms with Crippen molar-refractivity contribution in [3.05, 3.63) is 11.4 Å². The molecular weight excluding hydrogens is 192 g/mol. The van der Waals surface area contributed by atoms with Gasteiger partial charge in [-0.25, -0.2) is 4.68 Å². The van der Waals surface area contributed by atoms with Crippen LogP contribution in [0.2, 0.25) is 0 Å². The Hall–Kier alpha value is -1.41. The van der Waals surface area contributed by atoms with Crippen LogP contribution in [-0.2, 0) is 17.7 Å². The molecule has 0 amide bonds. The summed E-state index contributed by atoms with van der Waals surface area (Å²) in [7, 11) is 0. The highest BCUT2D eigenvalue weighted by Gasteiger charge is 2.06. The number of aromatic nitrogens is 3. The molecule has 0 unspecified atom stereocenters. The van der Waals surface area contributed by atoms with Gasteiger partial charge < -0.3 is 4.74 Å². The predicted octanol–water partition coefficient (Wildman–Crippen LogP) is 1.08. The van der Waals surface area contributed by atoms with Gasteiger partial charge in [0.05, 0.1) is 23.9 Å². The topological polar surface area (TPSA) is 63.7 Å². The minimum Gasteiger partial charge on any atom is -0.382 e. The molecule has 15 heavy (non-hydrogen) atoms. The molecule has 0 aliphatic carbocycles. The second kappa shape index (κ2) is 6.14. The van der Waals surface area contributed by atoms with Crippen molar-refractivity contribution in [3.63, 3.8) is 0 Å². The Morgan fingerprint density at radius 1 is 1.53 bits per heavy atom. The smallest absolute Gasteiger partial charge is 0.0996 e. The summed E-state index contributed by atoms with van der Waals surface area (Å²) >= 11 is 0. The number of aryl methyl sites for hydroxylation is 1. The van der Waals surface area contributed by atoms with Gasteiger partial charge in [0.1, 0.15) is 0 Å². The zero-order valence-corrected chi connectivity index (χ0v) is 9.23. The fourth-order valence-electron chi connectivity index (χ4n) is 1.31. The second-order valence-electron chi connectivity index (χ2n) is 3.23.